The summed E-state index contributed by atoms with van der Waals surface area (Å²) in [6, 6.07) is 16.3. The lowest BCUT2D eigenvalue weighted by Gasteiger charge is -2.08. The fraction of sp³-hybridized carbons (Fsp3) is 0.379. The lowest BCUT2D eigenvalue weighted by atomic mass is 10.1. The summed E-state index contributed by atoms with van der Waals surface area (Å²) < 4.78 is 13.5. The minimum Gasteiger partial charge on any atom is -0.494 e. The fourth-order valence-electron chi connectivity index (χ4n) is 4.41. The lowest BCUT2D eigenvalue weighted by molar-refractivity contribution is -0.121. The summed E-state index contributed by atoms with van der Waals surface area (Å²) in [6.45, 7) is 1.58. The van der Waals surface area contributed by atoms with Crippen molar-refractivity contribution in [2.75, 3.05) is 12.4 Å². The van der Waals surface area contributed by atoms with Crippen LogP contribution < -0.4 is 15.5 Å². The van der Waals surface area contributed by atoms with Crippen LogP contribution in [0.25, 0.3) is 22.3 Å². The van der Waals surface area contributed by atoms with Gasteiger partial charge in [0.2, 0.25) is 5.91 Å². The standard InChI is InChI=1S/C29H32N4O4S2/c34-26-18-28(37-27-8-3-2-7-25(26)27)21-10-12-23(13-11-21)36-16-5-15-33-20-22(31-32-33)19-30-29(35)9-4-1-6-24-14-17-38-39-24/h2-3,7-8,10-13,18,20,24H,1,4-6,9,14-17,19H2,(H,30,35). The van der Waals surface area contributed by atoms with Crippen LogP contribution in [-0.2, 0) is 17.9 Å². The SMILES string of the molecule is O=C(CCCCC1CCSS1)NCc1cn(CCCOc2ccc(-c3cc(=O)c4ccccc4o3)cc2)nn1. The van der Waals surface area contributed by atoms with Gasteiger partial charge < -0.3 is 14.5 Å². The number of rotatable bonds is 13. The van der Waals surface area contributed by atoms with Gasteiger partial charge in [-0.15, -0.1) is 5.10 Å². The van der Waals surface area contributed by atoms with Gasteiger partial charge in [0.05, 0.1) is 24.7 Å². The van der Waals surface area contributed by atoms with Crippen LogP contribution in [0.4, 0.5) is 0 Å². The number of benzene rings is 2. The Kier molecular flexibility index (Phi) is 9.61. The van der Waals surface area contributed by atoms with E-state index in [1.54, 1.807) is 16.8 Å². The van der Waals surface area contributed by atoms with Crippen LogP contribution in [0.2, 0.25) is 0 Å². The highest BCUT2D eigenvalue weighted by Gasteiger charge is 2.16. The molecule has 1 fully saturated rings. The Morgan fingerprint density at radius 1 is 1.13 bits per heavy atom. The third-order valence-corrected chi connectivity index (χ3v) is 9.54. The van der Waals surface area contributed by atoms with Crippen molar-refractivity contribution in [2.24, 2.45) is 0 Å². The first-order valence-electron chi connectivity index (χ1n) is 13.3. The van der Waals surface area contributed by atoms with Gasteiger partial charge in [0.1, 0.15) is 22.8 Å². The second-order valence-corrected chi connectivity index (χ2v) is 12.3. The number of hydrogen-bond acceptors (Lipinski definition) is 8. The van der Waals surface area contributed by atoms with Gasteiger partial charge in [-0.05, 0) is 55.7 Å². The summed E-state index contributed by atoms with van der Waals surface area (Å²) in [4.78, 5) is 24.5. The van der Waals surface area contributed by atoms with Gasteiger partial charge >= 0.3 is 0 Å². The molecule has 0 bridgehead atoms. The number of aryl methyl sites for hydroxylation is 1. The van der Waals surface area contributed by atoms with E-state index < -0.39 is 0 Å². The van der Waals surface area contributed by atoms with Crippen LogP contribution in [0.15, 0.2) is 70.0 Å². The minimum atomic E-state index is -0.0608. The molecule has 1 atom stereocenters. The summed E-state index contributed by atoms with van der Waals surface area (Å²) in [5, 5.41) is 12.6. The number of ether oxygens (including phenoxy) is 1. The Bertz CT molecular complexity index is 1430. The maximum atomic E-state index is 12.4. The molecule has 5 rings (SSSR count). The average molecular weight is 565 g/mol. The first-order chi connectivity index (χ1) is 19.1. The molecule has 1 saturated heterocycles. The van der Waals surface area contributed by atoms with E-state index in [4.69, 9.17) is 9.15 Å². The topological polar surface area (TPSA) is 99.2 Å². The molecule has 1 unspecified atom stereocenters. The van der Waals surface area contributed by atoms with Gasteiger partial charge in [-0.3, -0.25) is 14.3 Å². The van der Waals surface area contributed by atoms with Crippen LogP contribution in [-0.4, -0.2) is 38.5 Å². The number of hydrogen-bond donors (Lipinski definition) is 1. The number of nitrogens with zero attached hydrogens (tertiary/aromatic N) is 3. The van der Waals surface area contributed by atoms with Crippen LogP contribution >= 0.6 is 21.6 Å². The zero-order valence-corrected chi connectivity index (χ0v) is 23.3. The number of para-hydroxylation sites is 1. The maximum absolute atomic E-state index is 12.4. The van der Waals surface area contributed by atoms with Gasteiger partial charge in [0, 0.05) is 42.0 Å². The number of nitrogens with one attached hydrogen (secondary N) is 1. The molecule has 8 nitrogen and oxygen atoms in total. The molecule has 1 amide bonds. The third-order valence-electron chi connectivity index (χ3n) is 6.53. The molecule has 39 heavy (non-hydrogen) atoms. The molecule has 2 aromatic carbocycles. The van der Waals surface area contributed by atoms with Gasteiger partial charge in [-0.25, -0.2) is 0 Å². The molecule has 0 radical (unpaired) electrons. The average Bonchev–Trinajstić information content (AvgIpc) is 3.65. The maximum Gasteiger partial charge on any atom is 0.220 e. The van der Waals surface area contributed by atoms with Gasteiger partial charge in [0.25, 0.3) is 0 Å². The molecule has 1 aliphatic heterocycles. The second-order valence-electron chi connectivity index (χ2n) is 9.52. The number of carbonyl (C=O) groups excluding carboxylic acids is 1. The van der Waals surface area contributed by atoms with Gasteiger partial charge in [-0.2, -0.15) is 0 Å². The summed E-state index contributed by atoms with van der Waals surface area (Å²) >= 11 is 0. The van der Waals surface area contributed by atoms with Crippen LogP contribution in [0.3, 0.4) is 0 Å². The number of fused-ring (bicyclic) bond motifs is 1. The lowest BCUT2D eigenvalue weighted by Crippen LogP contribution is -2.22. The van der Waals surface area contributed by atoms with E-state index in [1.807, 2.05) is 64.2 Å². The largest absolute Gasteiger partial charge is 0.494 e. The van der Waals surface area contributed by atoms with Crippen LogP contribution in [0, 0.1) is 0 Å². The number of unbranched alkanes of at least 4 members (excludes halogenated alkanes) is 1. The molecule has 204 valence electrons. The molecule has 3 heterocycles. The predicted molar refractivity (Wildman–Crippen MR) is 157 cm³/mol. The number of carbonyl (C=O) groups is 1. The first kappa shape index (κ1) is 27.3. The second kappa shape index (κ2) is 13.7. The van der Waals surface area contributed by atoms with Crippen molar-refractivity contribution < 1.29 is 13.9 Å². The quantitative estimate of drug-likeness (QED) is 0.159. The summed E-state index contributed by atoms with van der Waals surface area (Å²) in [5.74, 6) is 2.60. The van der Waals surface area contributed by atoms with Gasteiger partial charge in [-0.1, -0.05) is 45.4 Å². The number of aromatic nitrogens is 3. The van der Waals surface area contributed by atoms with Crippen molar-refractivity contribution in [2.45, 2.75) is 56.9 Å². The smallest absolute Gasteiger partial charge is 0.220 e. The Morgan fingerprint density at radius 2 is 2.00 bits per heavy atom. The zero-order chi connectivity index (χ0) is 26.9. The van der Waals surface area contributed by atoms with Crippen LogP contribution in [0.1, 0.15) is 44.2 Å². The van der Waals surface area contributed by atoms with E-state index in [9.17, 15) is 9.59 Å². The van der Waals surface area contributed by atoms with E-state index in [1.165, 1.54) is 24.7 Å². The molecule has 4 aromatic rings. The number of amides is 1. The zero-order valence-electron chi connectivity index (χ0n) is 21.7. The molecular formula is C29H32N4O4S2. The molecule has 0 aliphatic carbocycles. The predicted octanol–water partition coefficient (Wildman–Crippen LogP) is 5.85. The fourth-order valence-corrected chi connectivity index (χ4v) is 7.43. The van der Waals surface area contributed by atoms with Crippen LogP contribution in [0.5, 0.6) is 5.75 Å². The molecule has 0 spiro atoms. The summed E-state index contributed by atoms with van der Waals surface area (Å²) in [5.41, 5.74) is 2.08. The Balaban J connectivity index is 0.995. The van der Waals surface area contributed by atoms with Crippen molar-refractivity contribution in [3.05, 3.63) is 76.7 Å². The van der Waals surface area contributed by atoms with Crippen molar-refractivity contribution >= 4 is 38.5 Å². The van der Waals surface area contributed by atoms with E-state index in [-0.39, 0.29) is 11.3 Å². The molecular weight excluding hydrogens is 532 g/mol. The normalized spacial score (nSPS) is 15.0. The molecule has 0 saturated carbocycles. The van der Waals surface area contributed by atoms with E-state index >= 15 is 0 Å². The third kappa shape index (κ3) is 7.89. The molecule has 2 aromatic heterocycles. The highest BCUT2D eigenvalue weighted by atomic mass is 33.1. The van der Waals surface area contributed by atoms with Crippen molar-refractivity contribution in [1.29, 1.82) is 0 Å². The van der Waals surface area contributed by atoms with Gasteiger partial charge in [0.15, 0.2) is 5.43 Å². The molecule has 1 N–H and O–H groups in total. The van der Waals surface area contributed by atoms with Crippen molar-refractivity contribution in [3.8, 4) is 17.1 Å². The summed E-state index contributed by atoms with van der Waals surface area (Å²) in [6.07, 6.45) is 7.73. The highest BCUT2D eigenvalue weighted by molar-refractivity contribution is 8.77. The van der Waals surface area contributed by atoms with E-state index in [0.29, 0.717) is 42.8 Å². The Hall–Kier alpha value is -3.24. The first-order valence-corrected chi connectivity index (χ1v) is 15.7. The molecule has 1 aliphatic rings. The Morgan fingerprint density at radius 3 is 2.85 bits per heavy atom. The van der Waals surface area contributed by atoms with Crippen molar-refractivity contribution in [3.63, 3.8) is 0 Å². The van der Waals surface area contributed by atoms with E-state index in [2.05, 4.69) is 15.6 Å². The monoisotopic (exact) mass is 564 g/mol. The highest BCUT2D eigenvalue weighted by Crippen LogP contribution is 2.39. The minimum absolute atomic E-state index is 0.0608. The molecule has 10 heteroatoms. The Labute approximate surface area is 235 Å². The summed E-state index contributed by atoms with van der Waals surface area (Å²) in [7, 11) is 3.96. The van der Waals surface area contributed by atoms with Crippen molar-refractivity contribution in [1.82, 2.24) is 20.3 Å². The van der Waals surface area contributed by atoms with E-state index in [0.717, 1.165) is 41.5 Å².